The van der Waals surface area contributed by atoms with E-state index in [1.807, 2.05) is 24.3 Å². The van der Waals surface area contributed by atoms with E-state index in [2.05, 4.69) is 15.9 Å². The number of nitrogens with zero attached hydrogens (tertiary/aromatic N) is 2. The standard InChI is InChI=1S/C14H22BrN3O2S/c1-17(11-12-5-7-13(15)8-6-12)21(19,20)18-9-3-2-4-14(18)10-16/h5-8,14H,2-4,9-11,16H2,1H3. The highest BCUT2D eigenvalue weighted by Gasteiger charge is 2.34. The molecule has 1 aromatic rings. The SMILES string of the molecule is CN(Cc1ccc(Br)cc1)S(=O)(=O)N1CCCCC1CN. The summed E-state index contributed by atoms with van der Waals surface area (Å²) in [5.41, 5.74) is 6.69. The summed E-state index contributed by atoms with van der Waals surface area (Å²) in [5, 5.41) is 0. The highest BCUT2D eigenvalue weighted by Crippen LogP contribution is 2.22. The van der Waals surface area contributed by atoms with Crippen molar-refractivity contribution in [1.82, 2.24) is 8.61 Å². The van der Waals surface area contributed by atoms with Gasteiger partial charge >= 0.3 is 0 Å². The van der Waals surface area contributed by atoms with Crippen molar-refractivity contribution >= 4 is 26.1 Å². The summed E-state index contributed by atoms with van der Waals surface area (Å²) < 4.78 is 29.4. The van der Waals surface area contributed by atoms with Crippen molar-refractivity contribution in [3.8, 4) is 0 Å². The molecule has 1 aliphatic heterocycles. The Morgan fingerprint density at radius 2 is 2.00 bits per heavy atom. The van der Waals surface area contributed by atoms with Gasteiger partial charge in [-0.15, -0.1) is 0 Å². The van der Waals surface area contributed by atoms with Crippen molar-refractivity contribution in [2.75, 3.05) is 20.1 Å². The number of benzene rings is 1. The number of halogens is 1. The molecule has 0 aromatic heterocycles. The molecule has 2 N–H and O–H groups in total. The molecule has 1 saturated heterocycles. The summed E-state index contributed by atoms with van der Waals surface area (Å²) in [6, 6.07) is 7.61. The summed E-state index contributed by atoms with van der Waals surface area (Å²) in [6.45, 7) is 1.31. The molecule has 5 nitrogen and oxygen atoms in total. The van der Waals surface area contributed by atoms with Crippen LogP contribution in [0.2, 0.25) is 0 Å². The number of rotatable bonds is 5. The number of nitrogens with two attached hydrogens (primary N) is 1. The van der Waals surface area contributed by atoms with Crippen molar-refractivity contribution in [3.63, 3.8) is 0 Å². The van der Waals surface area contributed by atoms with Gasteiger partial charge in [0.25, 0.3) is 10.2 Å². The van der Waals surface area contributed by atoms with Gasteiger partial charge < -0.3 is 5.73 Å². The zero-order chi connectivity index (χ0) is 15.5. The third-order valence-electron chi connectivity index (χ3n) is 3.85. The van der Waals surface area contributed by atoms with E-state index < -0.39 is 10.2 Å². The minimum Gasteiger partial charge on any atom is -0.329 e. The second-order valence-corrected chi connectivity index (χ2v) is 8.29. The van der Waals surface area contributed by atoms with Crippen molar-refractivity contribution in [2.24, 2.45) is 5.73 Å². The van der Waals surface area contributed by atoms with Gasteiger partial charge in [-0.3, -0.25) is 0 Å². The van der Waals surface area contributed by atoms with Gasteiger partial charge in [0.15, 0.2) is 0 Å². The van der Waals surface area contributed by atoms with Crippen LogP contribution in [0.1, 0.15) is 24.8 Å². The van der Waals surface area contributed by atoms with E-state index in [1.54, 1.807) is 11.4 Å². The van der Waals surface area contributed by atoms with Gasteiger partial charge in [0.1, 0.15) is 0 Å². The van der Waals surface area contributed by atoms with Crippen molar-refractivity contribution in [1.29, 1.82) is 0 Å². The van der Waals surface area contributed by atoms with Gasteiger partial charge in [0.05, 0.1) is 0 Å². The average Bonchev–Trinajstić information content (AvgIpc) is 2.49. The fourth-order valence-electron chi connectivity index (χ4n) is 2.62. The normalized spacial score (nSPS) is 20.9. The molecule has 1 heterocycles. The molecule has 0 aliphatic carbocycles. The van der Waals surface area contributed by atoms with E-state index in [9.17, 15) is 8.42 Å². The van der Waals surface area contributed by atoms with E-state index in [0.717, 1.165) is 29.3 Å². The lowest BCUT2D eigenvalue weighted by Gasteiger charge is -2.36. The minimum absolute atomic E-state index is 0.0730. The lowest BCUT2D eigenvalue weighted by molar-refractivity contribution is 0.240. The van der Waals surface area contributed by atoms with Gasteiger partial charge in [0, 0.05) is 37.2 Å². The zero-order valence-electron chi connectivity index (χ0n) is 12.2. The van der Waals surface area contributed by atoms with Crippen LogP contribution in [0.4, 0.5) is 0 Å². The number of piperidine rings is 1. The lowest BCUT2D eigenvalue weighted by atomic mass is 10.1. The van der Waals surface area contributed by atoms with E-state index in [1.165, 1.54) is 4.31 Å². The van der Waals surface area contributed by atoms with Gasteiger partial charge in [-0.25, -0.2) is 0 Å². The second kappa shape index (κ2) is 7.19. The summed E-state index contributed by atoms with van der Waals surface area (Å²) in [5.74, 6) is 0. The van der Waals surface area contributed by atoms with E-state index in [0.29, 0.717) is 19.6 Å². The predicted molar refractivity (Wildman–Crippen MR) is 87.9 cm³/mol. The topological polar surface area (TPSA) is 66.6 Å². The third kappa shape index (κ3) is 4.04. The van der Waals surface area contributed by atoms with E-state index >= 15 is 0 Å². The Morgan fingerprint density at radius 1 is 1.33 bits per heavy atom. The maximum Gasteiger partial charge on any atom is 0.282 e. The van der Waals surface area contributed by atoms with Crippen LogP contribution in [-0.4, -0.2) is 43.2 Å². The molecule has 0 radical (unpaired) electrons. The van der Waals surface area contributed by atoms with Crippen molar-refractivity contribution < 1.29 is 8.42 Å². The Balaban J connectivity index is 2.12. The fourth-order valence-corrected chi connectivity index (χ4v) is 4.48. The second-order valence-electron chi connectivity index (χ2n) is 5.39. The molecular weight excluding hydrogens is 354 g/mol. The Morgan fingerprint density at radius 3 is 2.62 bits per heavy atom. The van der Waals surface area contributed by atoms with Gasteiger partial charge in [-0.2, -0.15) is 17.0 Å². The molecule has 7 heteroatoms. The first kappa shape index (κ1) is 16.9. The smallest absolute Gasteiger partial charge is 0.282 e. The average molecular weight is 376 g/mol. The minimum atomic E-state index is -3.46. The zero-order valence-corrected chi connectivity index (χ0v) is 14.6. The molecule has 1 atom stereocenters. The van der Waals surface area contributed by atoms with Crippen LogP contribution in [0, 0.1) is 0 Å². The molecule has 1 fully saturated rings. The van der Waals surface area contributed by atoms with Crippen LogP contribution in [0.15, 0.2) is 28.7 Å². The highest BCUT2D eigenvalue weighted by molar-refractivity contribution is 9.10. The molecule has 1 aliphatic rings. The third-order valence-corrected chi connectivity index (χ3v) is 6.37. The Hall–Kier alpha value is -0.470. The first-order valence-electron chi connectivity index (χ1n) is 7.12. The number of hydrogen-bond donors (Lipinski definition) is 1. The first-order valence-corrected chi connectivity index (χ1v) is 9.31. The van der Waals surface area contributed by atoms with Crippen LogP contribution < -0.4 is 5.73 Å². The maximum atomic E-state index is 12.7. The van der Waals surface area contributed by atoms with Crippen LogP contribution in [0.5, 0.6) is 0 Å². The monoisotopic (exact) mass is 375 g/mol. The van der Waals surface area contributed by atoms with Crippen LogP contribution in [-0.2, 0) is 16.8 Å². The number of hydrogen-bond acceptors (Lipinski definition) is 3. The van der Waals surface area contributed by atoms with Crippen LogP contribution in [0.3, 0.4) is 0 Å². The van der Waals surface area contributed by atoms with Crippen molar-refractivity contribution in [2.45, 2.75) is 31.8 Å². The van der Waals surface area contributed by atoms with Gasteiger partial charge in [0.2, 0.25) is 0 Å². The lowest BCUT2D eigenvalue weighted by Crippen LogP contribution is -2.51. The molecular formula is C14H22BrN3O2S. The molecule has 1 unspecified atom stereocenters. The summed E-state index contributed by atoms with van der Waals surface area (Å²) in [7, 11) is -1.83. The van der Waals surface area contributed by atoms with Gasteiger partial charge in [-0.1, -0.05) is 34.5 Å². The maximum absolute atomic E-state index is 12.7. The fraction of sp³-hybridized carbons (Fsp3) is 0.571. The molecule has 0 amide bonds. The van der Waals surface area contributed by atoms with E-state index in [-0.39, 0.29) is 6.04 Å². The summed E-state index contributed by atoms with van der Waals surface area (Å²) >= 11 is 3.38. The molecule has 0 saturated carbocycles. The molecule has 0 bridgehead atoms. The molecule has 118 valence electrons. The Kier molecular flexibility index (Phi) is 5.79. The molecule has 2 rings (SSSR count). The van der Waals surface area contributed by atoms with Crippen LogP contribution >= 0.6 is 15.9 Å². The van der Waals surface area contributed by atoms with Crippen molar-refractivity contribution in [3.05, 3.63) is 34.3 Å². The van der Waals surface area contributed by atoms with Gasteiger partial charge in [-0.05, 0) is 30.5 Å². The first-order chi connectivity index (χ1) is 9.95. The Bertz CT molecular complexity index is 562. The molecule has 1 aromatic carbocycles. The highest BCUT2D eigenvalue weighted by atomic mass is 79.9. The largest absolute Gasteiger partial charge is 0.329 e. The quantitative estimate of drug-likeness (QED) is 0.854. The summed E-state index contributed by atoms with van der Waals surface area (Å²) in [4.78, 5) is 0. The predicted octanol–water partition coefficient (Wildman–Crippen LogP) is 1.94. The Labute approximate surface area is 135 Å². The molecule has 21 heavy (non-hydrogen) atoms. The molecule has 0 spiro atoms. The van der Waals surface area contributed by atoms with Crippen LogP contribution in [0.25, 0.3) is 0 Å². The summed E-state index contributed by atoms with van der Waals surface area (Å²) in [6.07, 6.45) is 2.80. The van der Waals surface area contributed by atoms with E-state index in [4.69, 9.17) is 5.73 Å².